The van der Waals surface area contributed by atoms with Crippen LogP contribution in [0.2, 0.25) is 10.0 Å². The van der Waals surface area contributed by atoms with Crippen molar-refractivity contribution in [2.45, 2.75) is 55.5 Å². The molecule has 284 valence electrons. The van der Waals surface area contributed by atoms with Crippen LogP contribution in [0.3, 0.4) is 0 Å². The van der Waals surface area contributed by atoms with E-state index in [2.05, 4.69) is 30.6 Å². The summed E-state index contributed by atoms with van der Waals surface area (Å²) in [5.41, 5.74) is 2.28. The van der Waals surface area contributed by atoms with Gasteiger partial charge < -0.3 is 29.9 Å². The molecule has 2 aromatic carbocycles. The maximum Gasteiger partial charge on any atom is 0.318 e. The first-order valence-corrected chi connectivity index (χ1v) is 19.1. The largest absolute Gasteiger partial charge is 0.496 e. The van der Waals surface area contributed by atoms with E-state index in [0.29, 0.717) is 73.2 Å². The number of urea groups is 1. The van der Waals surface area contributed by atoms with Gasteiger partial charge in [0, 0.05) is 57.1 Å². The second kappa shape index (κ2) is 16.0. The summed E-state index contributed by atoms with van der Waals surface area (Å²) >= 11 is 13.0. The van der Waals surface area contributed by atoms with E-state index in [4.69, 9.17) is 27.9 Å². The number of ether oxygens (including phenoxy) is 1. The molecule has 0 bridgehead atoms. The molecule has 3 saturated heterocycles. The fourth-order valence-electron chi connectivity index (χ4n) is 8.34. The highest BCUT2D eigenvalue weighted by Gasteiger charge is 2.44. The minimum atomic E-state index is -0.805. The van der Waals surface area contributed by atoms with Crippen LogP contribution in [0.1, 0.15) is 71.6 Å². The summed E-state index contributed by atoms with van der Waals surface area (Å²) in [4.78, 5) is 49.8. The first kappa shape index (κ1) is 37.7. The van der Waals surface area contributed by atoms with Gasteiger partial charge in [-0.05, 0) is 97.3 Å². The van der Waals surface area contributed by atoms with Crippen LogP contribution in [0.5, 0.6) is 5.75 Å². The van der Waals surface area contributed by atoms with Gasteiger partial charge in [0.1, 0.15) is 11.8 Å². The molecule has 3 amide bonds. The average molecular weight is 776 g/mol. The third-order valence-corrected chi connectivity index (χ3v) is 12.5. The second-order valence-electron chi connectivity index (χ2n) is 14.7. The smallest absolute Gasteiger partial charge is 0.318 e. The minimum absolute atomic E-state index is 0.121. The number of benzene rings is 2. The zero-order chi connectivity index (χ0) is 37.9. The van der Waals surface area contributed by atoms with Gasteiger partial charge in [-0.2, -0.15) is 5.11 Å². The topological polar surface area (TPSA) is 152 Å². The molecule has 13 nitrogen and oxygen atoms in total. The third-order valence-electron chi connectivity index (χ3n) is 11.7. The van der Waals surface area contributed by atoms with Crippen LogP contribution >= 0.6 is 23.2 Å². The van der Waals surface area contributed by atoms with Gasteiger partial charge in [0.2, 0.25) is 0 Å². The van der Waals surface area contributed by atoms with Crippen LogP contribution in [0.4, 0.5) is 4.79 Å². The van der Waals surface area contributed by atoms with Crippen molar-refractivity contribution in [3.05, 3.63) is 93.2 Å². The SMILES string of the molecule is COc1ccc(C2C=NN=N2)cc1C(=O)N1CCC(CCN2CCC(NC(=O)N3CCC(C(=O)O)CC3)(c3cccnc3)CC2)(c2ccc(Cl)c(Cl)c2)C1. The van der Waals surface area contributed by atoms with E-state index >= 15 is 0 Å². The van der Waals surface area contributed by atoms with Crippen LogP contribution in [-0.2, 0) is 15.7 Å². The van der Waals surface area contributed by atoms with Crippen LogP contribution in [0.15, 0.2) is 76.4 Å². The van der Waals surface area contributed by atoms with E-state index in [1.54, 1.807) is 30.5 Å². The first-order valence-electron chi connectivity index (χ1n) is 18.4. The number of hydrogen-bond acceptors (Lipinski definition) is 9. The predicted octanol–water partition coefficient (Wildman–Crippen LogP) is 6.56. The Bertz CT molecular complexity index is 1920. The number of carbonyl (C=O) groups excluding carboxylic acids is 2. The molecule has 7 rings (SSSR count). The molecule has 5 heterocycles. The van der Waals surface area contributed by atoms with Crippen molar-refractivity contribution < 1.29 is 24.2 Å². The molecule has 15 heteroatoms. The summed E-state index contributed by atoms with van der Waals surface area (Å²) in [6.45, 7) is 4.11. The molecule has 4 aliphatic rings. The summed E-state index contributed by atoms with van der Waals surface area (Å²) in [6.07, 6.45) is 8.97. The lowest BCUT2D eigenvalue weighted by Crippen LogP contribution is -2.57. The number of likely N-dealkylation sites (tertiary alicyclic amines) is 3. The van der Waals surface area contributed by atoms with E-state index in [9.17, 15) is 19.5 Å². The number of pyridine rings is 1. The normalized spacial score (nSPS) is 22.8. The Morgan fingerprint density at radius 2 is 1.74 bits per heavy atom. The summed E-state index contributed by atoms with van der Waals surface area (Å²) < 4.78 is 5.63. The number of nitrogens with one attached hydrogen (secondary N) is 1. The Kier molecular flexibility index (Phi) is 11.2. The molecule has 3 aromatic rings. The number of rotatable bonds is 10. The Morgan fingerprint density at radius 1 is 0.944 bits per heavy atom. The van der Waals surface area contributed by atoms with E-state index in [1.807, 2.05) is 53.6 Å². The number of piperidine rings is 2. The lowest BCUT2D eigenvalue weighted by atomic mass is 9.76. The van der Waals surface area contributed by atoms with Gasteiger partial charge in [-0.15, -0.1) is 5.10 Å². The lowest BCUT2D eigenvalue weighted by Gasteiger charge is -2.44. The molecule has 0 saturated carbocycles. The molecule has 2 atom stereocenters. The van der Waals surface area contributed by atoms with Crippen molar-refractivity contribution in [3.8, 4) is 5.75 Å². The van der Waals surface area contributed by atoms with E-state index in [1.165, 1.54) is 0 Å². The van der Waals surface area contributed by atoms with Gasteiger partial charge in [-0.25, -0.2) is 4.79 Å². The molecule has 1 aromatic heterocycles. The van der Waals surface area contributed by atoms with E-state index < -0.39 is 17.4 Å². The Balaban J connectivity index is 1.07. The number of halogens is 2. The van der Waals surface area contributed by atoms with Gasteiger partial charge in [0.25, 0.3) is 5.91 Å². The zero-order valence-corrected chi connectivity index (χ0v) is 31.7. The van der Waals surface area contributed by atoms with Gasteiger partial charge in [0.05, 0.1) is 40.4 Å². The number of hydrogen-bond donors (Lipinski definition) is 2. The van der Waals surface area contributed by atoms with Crippen molar-refractivity contribution in [2.24, 2.45) is 21.4 Å². The zero-order valence-electron chi connectivity index (χ0n) is 30.2. The quantitative estimate of drug-likeness (QED) is 0.237. The van der Waals surface area contributed by atoms with Gasteiger partial charge in [0.15, 0.2) is 0 Å². The number of carbonyl (C=O) groups is 3. The molecule has 0 aliphatic carbocycles. The van der Waals surface area contributed by atoms with Gasteiger partial charge in [-0.1, -0.05) is 41.4 Å². The number of carboxylic acids is 1. The average Bonchev–Trinajstić information content (AvgIpc) is 3.91. The molecule has 4 aliphatic heterocycles. The highest BCUT2D eigenvalue weighted by molar-refractivity contribution is 6.42. The van der Waals surface area contributed by atoms with Crippen molar-refractivity contribution in [1.82, 2.24) is 25.0 Å². The Hall–Kier alpha value is -4.59. The summed E-state index contributed by atoms with van der Waals surface area (Å²) in [5.74, 6) is -0.850. The molecular formula is C39H44Cl2N8O5. The highest BCUT2D eigenvalue weighted by atomic mass is 35.5. The second-order valence-corrected chi connectivity index (χ2v) is 15.5. The Morgan fingerprint density at radius 3 is 2.41 bits per heavy atom. The number of methoxy groups -OCH3 is 1. The summed E-state index contributed by atoms with van der Waals surface area (Å²) in [5, 5.41) is 25.5. The number of nitrogens with zero attached hydrogens (tertiary/aromatic N) is 7. The fraction of sp³-hybridized carbons (Fsp3) is 0.462. The summed E-state index contributed by atoms with van der Waals surface area (Å²) in [6, 6.07) is 14.6. The minimum Gasteiger partial charge on any atom is -0.496 e. The maximum absolute atomic E-state index is 14.2. The standard InChI is InChI=1S/C39H44Cl2N8O5/c1-54-34-7-4-27(33-24-43-46-45-33)21-30(34)35(50)49-20-11-38(25-49,28-5-6-31(40)32(41)22-28)10-17-47-18-12-39(13-19-47,29-3-2-14-42-23-29)44-37(53)48-15-8-26(9-16-48)36(51)52/h2-7,14,21-24,26,33H,8-13,15-20,25H2,1H3,(H,44,53)(H,51,52). The molecule has 0 radical (unpaired) electrons. The van der Waals surface area contributed by atoms with Gasteiger partial charge in [-0.3, -0.25) is 14.6 Å². The van der Waals surface area contributed by atoms with Crippen molar-refractivity contribution in [1.29, 1.82) is 0 Å². The first-order chi connectivity index (χ1) is 26.1. The predicted molar refractivity (Wildman–Crippen MR) is 204 cm³/mol. The number of amides is 3. The van der Waals surface area contributed by atoms with E-state index in [0.717, 1.165) is 49.2 Å². The van der Waals surface area contributed by atoms with Crippen LogP contribution in [0.25, 0.3) is 0 Å². The maximum atomic E-state index is 14.2. The molecule has 3 fully saturated rings. The summed E-state index contributed by atoms with van der Waals surface area (Å²) in [7, 11) is 1.56. The van der Waals surface area contributed by atoms with Crippen LogP contribution < -0.4 is 10.1 Å². The van der Waals surface area contributed by atoms with Crippen LogP contribution in [-0.4, -0.2) is 102 Å². The van der Waals surface area contributed by atoms with E-state index in [-0.39, 0.29) is 23.4 Å². The van der Waals surface area contributed by atoms with Crippen molar-refractivity contribution >= 4 is 47.3 Å². The number of aromatic nitrogens is 1. The molecule has 0 spiro atoms. The lowest BCUT2D eigenvalue weighted by molar-refractivity contribution is -0.143. The molecular weight excluding hydrogens is 731 g/mol. The van der Waals surface area contributed by atoms with Crippen LogP contribution in [0, 0.1) is 5.92 Å². The monoisotopic (exact) mass is 774 g/mol. The molecule has 2 N–H and O–H groups in total. The number of aliphatic carboxylic acids is 1. The number of carboxylic acid groups (broad SMARTS) is 1. The van der Waals surface area contributed by atoms with Crippen molar-refractivity contribution in [3.63, 3.8) is 0 Å². The fourth-order valence-corrected chi connectivity index (χ4v) is 8.64. The Labute approximate surface area is 324 Å². The third kappa shape index (κ3) is 7.80. The molecule has 54 heavy (non-hydrogen) atoms. The highest BCUT2D eigenvalue weighted by Crippen LogP contribution is 2.42. The van der Waals surface area contributed by atoms with Crippen molar-refractivity contribution in [2.75, 3.05) is 52.9 Å². The van der Waals surface area contributed by atoms with Gasteiger partial charge >= 0.3 is 12.0 Å². The molecule has 2 unspecified atom stereocenters.